The van der Waals surface area contributed by atoms with E-state index < -0.39 is 0 Å². The minimum absolute atomic E-state index is 0.822. The summed E-state index contributed by atoms with van der Waals surface area (Å²) >= 11 is 1.83. The molecule has 0 aliphatic heterocycles. The van der Waals surface area contributed by atoms with Crippen molar-refractivity contribution in [3.8, 4) is 11.1 Å². The fourth-order valence-corrected chi connectivity index (χ4v) is 7.54. The van der Waals surface area contributed by atoms with Crippen LogP contribution in [-0.2, 0) is 6.42 Å². The minimum Gasteiger partial charge on any atom is -0.455 e. The van der Waals surface area contributed by atoms with E-state index in [2.05, 4.69) is 132 Å². The van der Waals surface area contributed by atoms with Crippen LogP contribution in [0.1, 0.15) is 17.5 Å². The summed E-state index contributed by atoms with van der Waals surface area (Å²) in [5, 5.41) is 4.69. The van der Waals surface area contributed by atoms with Crippen molar-refractivity contribution in [1.29, 1.82) is 0 Å². The third kappa shape index (κ3) is 3.98. The Hall–Kier alpha value is -5.19. The van der Waals surface area contributed by atoms with Crippen molar-refractivity contribution >= 4 is 76.7 Å². The Morgan fingerprint density at radius 2 is 1.44 bits per heavy atom. The third-order valence-electron chi connectivity index (χ3n) is 8.59. The lowest BCUT2D eigenvalue weighted by Gasteiger charge is -2.24. The highest BCUT2D eigenvalue weighted by Crippen LogP contribution is 2.42. The summed E-state index contributed by atoms with van der Waals surface area (Å²) in [7, 11) is 0. The molecular formula is C39H26N2OS. The second-order valence-corrected chi connectivity index (χ2v) is 12.2. The molecule has 3 aromatic heterocycles. The number of pyridine rings is 1. The number of nitrogens with zero attached hydrogens (tertiary/aromatic N) is 2. The first-order valence-corrected chi connectivity index (χ1v) is 15.5. The molecule has 0 fully saturated rings. The molecule has 8 aromatic rings. The standard InChI is InChI=1S/C39H26N2OS/c1-2-8-25(9-3-1)26-14-17-28(18-15-26)41(29-19-21-37-33(22-29)31-12-6-7-13-36(31)43-37)38-23-35-34(24-40-38)32-20-16-27-10-4-5-11-30(27)39(32)42-35/h1-3,5-9,11-24H,4,10H2. The number of hydrogen-bond acceptors (Lipinski definition) is 4. The molecule has 3 heterocycles. The van der Waals surface area contributed by atoms with Crippen LogP contribution in [0.15, 0.2) is 132 Å². The minimum atomic E-state index is 0.822. The molecule has 0 saturated heterocycles. The van der Waals surface area contributed by atoms with Crippen LogP contribution in [0.3, 0.4) is 0 Å². The lowest BCUT2D eigenvalue weighted by atomic mass is 9.95. The molecule has 3 nitrogen and oxygen atoms in total. The lowest BCUT2D eigenvalue weighted by molar-refractivity contribution is 0.666. The van der Waals surface area contributed by atoms with E-state index in [-0.39, 0.29) is 0 Å². The summed E-state index contributed by atoms with van der Waals surface area (Å²) in [5.74, 6) is 0.822. The maximum atomic E-state index is 6.59. The second kappa shape index (κ2) is 9.69. The number of anilines is 3. The van der Waals surface area contributed by atoms with Crippen molar-refractivity contribution in [2.24, 2.45) is 0 Å². The first kappa shape index (κ1) is 24.4. The fraction of sp³-hybridized carbons (Fsp3) is 0.0513. The van der Waals surface area contributed by atoms with Crippen LogP contribution in [0.4, 0.5) is 17.2 Å². The molecule has 0 amide bonds. The first-order chi connectivity index (χ1) is 21.3. The molecule has 0 saturated carbocycles. The van der Waals surface area contributed by atoms with Crippen LogP contribution >= 0.6 is 11.3 Å². The zero-order chi connectivity index (χ0) is 28.3. The first-order valence-electron chi connectivity index (χ1n) is 14.7. The van der Waals surface area contributed by atoms with E-state index in [0.29, 0.717) is 0 Å². The number of furan rings is 1. The van der Waals surface area contributed by atoms with Gasteiger partial charge in [-0.1, -0.05) is 84.9 Å². The zero-order valence-corrected chi connectivity index (χ0v) is 24.1. The van der Waals surface area contributed by atoms with E-state index in [4.69, 9.17) is 9.40 Å². The highest BCUT2D eigenvalue weighted by Gasteiger charge is 2.20. The average Bonchev–Trinajstić information content (AvgIpc) is 3.64. The van der Waals surface area contributed by atoms with Crippen molar-refractivity contribution in [2.75, 3.05) is 4.90 Å². The van der Waals surface area contributed by atoms with Crippen molar-refractivity contribution in [3.05, 3.63) is 139 Å². The molecule has 0 bridgehead atoms. The second-order valence-electron chi connectivity index (χ2n) is 11.1. The number of hydrogen-bond donors (Lipinski definition) is 0. The highest BCUT2D eigenvalue weighted by atomic mass is 32.1. The van der Waals surface area contributed by atoms with Gasteiger partial charge in [0.2, 0.25) is 0 Å². The van der Waals surface area contributed by atoms with Crippen LogP contribution in [0.2, 0.25) is 0 Å². The summed E-state index contributed by atoms with van der Waals surface area (Å²) in [5.41, 5.74) is 8.83. The number of allylic oxidation sites excluding steroid dienone is 1. The molecule has 1 aliphatic rings. The molecule has 4 heteroatoms. The summed E-state index contributed by atoms with van der Waals surface area (Å²) in [6.07, 6.45) is 8.54. The molecule has 0 N–H and O–H groups in total. The maximum Gasteiger partial charge on any atom is 0.142 e. The summed E-state index contributed by atoms with van der Waals surface area (Å²) in [6.45, 7) is 0. The van der Waals surface area contributed by atoms with Gasteiger partial charge in [0.05, 0.1) is 0 Å². The zero-order valence-electron chi connectivity index (χ0n) is 23.3. The molecule has 204 valence electrons. The number of aromatic nitrogens is 1. The van der Waals surface area contributed by atoms with Gasteiger partial charge in [0.1, 0.15) is 17.0 Å². The van der Waals surface area contributed by atoms with Gasteiger partial charge in [0.25, 0.3) is 0 Å². The van der Waals surface area contributed by atoms with E-state index >= 15 is 0 Å². The Morgan fingerprint density at radius 3 is 2.35 bits per heavy atom. The third-order valence-corrected chi connectivity index (χ3v) is 9.74. The Balaban J connectivity index is 1.23. The van der Waals surface area contributed by atoms with Crippen LogP contribution in [0, 0.1) is 0 Å². The predicted octanol–water partition coefficient (Wildman–Crippen LogP) is 11.4. The van der Waals surface area contributed by atoms with Crippen LogP contribution < -0.4 is 4.90 Å². The van der Waals surface area contributed by atoms with Crippen molar-refractivity contribution < 1.29 is 4.42 Å². The quantitative estimate of drug-likeness (QED) is 0.211. The average molecular weight is 571 g/mol. The van der Waals surface area contributed by atoms with Crippen LogP contribution in [0.5, 0.6) is 0 Å². The van der Waals surface area contributed by atoms with E-state index in [0.717, 1.165) is 52.0 Å². The number of rotatable bonds is 4. The van der Waals surface area contributed by atoms with Crippen molar-refractivity contribution in [3.63, 3.8) is 0 Å². The molecular weight excluding hydrogens is 545 g/mol. The van der Waals surface area contributed by atoms with E-state index in [1.165, 1.54) is 42.4 Å². The van der Waals surface area contributed by atoms with Gasteiger partial charge < -0.3 is 4.42 Å². The molecule has 0 unspecified atom stereocenters. The van der Waals surface area contributed by atoms with Gasteiger partial charge in [0, 0.05) is 60.1 Å². The van der Waals surface area contributed by atoms with Gasteiger partial charge in [-0.05, 0) is 65.9 Å². The summed E-state index contributed by atoms with van der Waals surface area (Å²) < 4.78 is 9.17. The summed E-state index contributed by atoms with van der Waals surface area (Å²) in [6, 6.07) is 41.1. The molecule has 1 aliphatic carbocycles. The van der Waals surface area contributed by atoms with Crippen LogP contribution in [0.25, 0.3) is 59.3 Å². The number of thiophene rings is 1. The van der Waals surface area contributed by atoms with Gasteiger partial charge in [0.15, 0.2) is 0 Å². The lowest BCUT2D eigenvalue weighted by Crippen LogP contribution is -2.11. The molecule has 43 heavy (non-hydrogen) atoms. The Kier molecular flexibility index (Phi) is 5.50. The Bertz CT molecular complexity index is 2350. The fourth-order valence-electron chi connectivity index (χ4n) is 6.45. The highest BCUT2D eigenvalue weighted by molar-refractivity contribution is 7.25. The SMILES string of the molecule is C1=Cc2c(ccc3c2oc2cc(N(c4ccc(-c5ccccc5)cc4)c4ccc5sc6ccccc6c5c4)ncc23)CC1. The molecule has 5 aromatic carbocycles. The smallest absolute Gasteiger partial charge is 0.142 e. The Morgan fingerprint density at radius 1 is 0.651 bits per heavy atom. The topological polar surface area (TPSA) is 29.3 Å². The van der Waals surface area contributed by atoms with Gasteiger partial charge in [-0.3, -0.25) is 4.90 Å². The van der Waals surface area contributed by atoms with E-state index in [9.17, 15) is 0 Å². The number of fused-ring (bicyclic) bond motifs is 8. The van der Waals surface area contributed by atoms with E-state index in [1.807, 2.05) is 17.5 Å². The molecule has 0 atom stereocenters. The van der Waals surface area contributed by atoms with E-state index in [1.54, 1.807) is 0 Å². The largest absolute Gasteiger partial charge is 0.455 e. The maximum absolute atomic E-state index is 6.59. The summed E-state index contributed by atoms with van der Waals surface area (Å²) in [4.78, 5) is 7.29. The molecule has 0 spiro atoms. The Labute approximate surface area is 253 Å². The number of benzene rings is 5. The van der Waals surface area contributed by atoms with Gasteiger partial charge >= 0.3 is 0 Å². The predicted molar refractivity (Wildman–Crippen MR) is 182 cm³/mol. The molecule has 0 radical (unpaired) electrons. The number of aryl methyl sites for hydroxylation is 1. The van der Waals surface area contributed by atoms with Gasteiger partial charge in [-0.2, -0.15) is 0 Å². The van der Waals surface area contributed by atoms with Gasteiger partial charge in [-0.15, -0.1) is 11.3 Å². The van der Waals surface area contributed by atoms with Crippen molar-refractivity contribution in [2.45, 2.75) is 12.8 Å². The van der Waals surface area contributed by atoms with Crippen LogP contribution in [-0.4, -0.2) is 4.98 Å². The van der Waals surface area contributed by atoms with Crippen molar-refractivity contribution in [1.82, 2.24) is 4.98 Å². The molecule has 9 rings (SSSR count). The van der Waals surface area contributed by atoms with Gasteiger partial charge in [-0.25, -0.2) is 4.98 Å². The monoisotopic (exact) mass is 570 g/mol. The normalized spacial score (nSPS) is 12.8.